The molecule has 1 aromatic carbocycles. The van der Waals surface area contributed by atoms with Gasteiger partial charge in [0.25, 0.3) is 0 Å². The Kier molecular flexibility index (Phi) is 4.89. The molecular weight excluding hydrogens is 279 g/mol. The number of hydrogen-bond acceptors (Lipinski definition) is 2. The highest BCUT2D eigenvalue weighted by Crippen LogP contribution is 2.23. The molecule has 1 N–H and O–H groups in total. The van der Waals surface area contributed by atoms with Crippen molar-refractivity contribution in [2.75, 3.05) is 6.61 Å². The van der Waals surface area contributed by atoms with E-state index in [1.54, 1.807) is 0 Å². The third kappa shape index (κ3) is 3.28. The molecule has 0 spiro atoms. The molecule has 0 fully saturated rings. The average molecular weight is 291 g/mol. The second-order valence-electron chi connectivity index (χ2n) is 3.26. The van der Waals surface area contributed by atoms with Gasteiger partial charge in [0.15, 0.2) is 6.10 Å². The number of hydrogen-bond donors (Lipinski definition) is 1. The molecule has 1 unspecified atom stereocenters. The summed E-state index contributed by atoms with van der Waals surface area (Å²) in [6.45, 7) is 2.20. The lowest BCUT2D eigenvalue weighted by molar-refractivity contribution is -0.150. The molecule has 0 saturated carbocycles. The Morgan fingerprint density at radius 2 is 2.31 bits per heavy atom. The number of aliphatic carboxylic acids is 1. The van der Waals surface area contributed by atoms with Gasteiger partial charge in [-0.2, -0.15) is 0 Å². The summed E-state index contributed by atoms with van der Waals surface area (Å²) in [4.78, 5) is 10.9. The summed E-state index contributed by atoms with van der Waals surface area (Å²) in [5.41, 5.74) is 0.307. The van der Waals surface area contributed by atoms with Crippen LogP contribution in [0.2, 0.25) is 0 Å². The van der Waals surface area contributed by atoms with Crippen molar-refractivity contribution in [2.45, 2.75) is 19.4 Å². The van der Waals surface area contributed by atoms with Crippen LogP contribution in [0.5, 0.6) is 0 Å². The molecule has 16 heavy (non-hydrogen) atoms. The van der Waals surface area contributed by atoms with E-state index in [2.05, 4.69) is 15.9 Å². The van der Waals surface area contributed by atoms with Crippen LogP contribution in [0.1, 0.15) is 25.0 Å². The van der Waals surface area contributed by atoms with Crippen LogP contribution in [0.4, 0.5) is 4.39 Å². The number of benzene rings is 1. The van der Waals surface area contributed by atoms with E-state index in [0.717, 1.165) is 0 Å². The molecule has 0 bridgehead atoms. The molecule has 88 valence electrons. The Morgan fingerprint density at radius 1 is 1.62 bits per heavy atom. The zero-order valence-electron chi connectivity index (χ0n) is 8.74. The van der Waals surface area contributed by atoms with Crippen LogP contribution in [0, 0.1) is 5.82 Å². The molecule has 0 saturated heterocycles. The predicted molar refractivity (Wildman–Crippen MR) is 60.7 cm³/mol. The van der Waals surface area contributed by atoms with Crippen LogP contribution in [-0.2, 0) is 9.53 Å². The van der Waals surface area contributed by atoms with Crippen LogP contribution in [0.15, 0.2) is 22.7 Å². The maximum absolute atomic E-state index is 13.2. The summed E-state index contributed by atoms with van der Waals surface area (Å²) in [6.07, 6.45) is -0.398. The molecule has 0 radical (unpaired) electrons. The smallest absolute Gasteiger partial charge is 0.337 e. The fourth-order valence-corrected chi connectivity index (χ4v) is 1.47. The standard InChI is InChI=1S/C11H12BrFO3/c1-2-5-16-10(11(14)15)7-3-4-8(12)9(13)6-7/h3-4,6,10H,2,5H2,1H3,(H,14,15). The van der Waals surface area contributed by atoms with E-state index in [4.69, 9.17) is 9.84 Å². The Bertz CT molecular complexity index is 381. The van der Waals surface area contributed by atoms with Crippen molar-refractivity contribution in [1.29, 1.82) is 0 Å². The first-order chi connectivity index (χ1) is 7.56. The van der Waals surface area contributed by atoms with Crippen LogP contribution < -0.4 is 0 Å². The summed E-state index contributed by atoms with van der Waals surface area (Å²) in [7, 11) is 0. The number of rotatable bonds is 5. The first-order valence-corrected chi connectivity index (χ1v) is 5.65. The highest BCUT2D eigenvalue weighted by molar-refractivity contribution is 9.10. The molecule has 0 heterocycles. The van der Waals surface area contributed by atoms with Crippen molar-refractivity contribution in [2.24, 2.45) is 0 Å². The first kappa shape index (κ1) is 13.1. The summed E-state index contributed by atoms with van der Waals surface area (Å²) in [5.74, 6) is -1.61. The van der Waals surface area contributed by atoms with Crippen LogP contribution >= 0.6 is 15.9 Å². The minimum absolute atomic E-state index is 0.302. The maximum Gasteiger partial charge on any atom is 0.337 e. The summed E-state index contributed by atoms with van der Waals surface area (Å²) >= 11 is 3.00. The third-order valence-electron chi connectivity index (χ3n) is 1.96. The predicted octanol–water partition coefficient (Wildman–Crippen LogP) is 3.14. The van der Waals surface area contributed by atoms with Gasteiger partial charge in [0, 0.05) is 6.61 Å². The zero-order chi connectivity index (χ0) is 12.1. The Balaban J connectivity index is 2.92. The zero-order valence-corrected chi connectivity index (χ0v) is 10.3. The van der Waals surface area contributed by atoms with Gasteiger partial charge >= 0.3 is 5.97 Å². The normalized spacial score (nSPS) is 12.4. The third-order valence-corrected chi connectivity index (χ3v) is 2.60. The fraction of sp³-hybridized carbons (Fsp3) is 0.364. The highest BCUT2D eigenvalue weighted by Gasteiger charge is 2.21. The van der Waals surface area contributed by atoms with E-state index in [9.17, 15) is 9.18 Å². The summed E-state index contributed by atoms with van der Waals surface area (Å²) < 4.78 is 18.7. The quantitative estimate of drug-likeness (QED) is 0.906. The lowest BCUT2D eigenvalue weighted by Crippen LogP contribution is -2.16. The average Bonchev–Trinajstić information content (AvgIpc) is 2.23. The van der Waals surface area contributed by atoms with Crippen LogP contribution in [0.3, 0.4) is 0 Å². The van der Waals surface area contributed by atoms with Crippen molar-refractivity contribution in [3.05, 3.63) is 34.1 Å². The largest absolute Gasteiger partial charge is 0.479 e. The van der Waals surface area contributed by atoms with Crippen molar-refractivity contribution < 1.29 is 19.0 Å². The van der Waals surface area contributed by atoms with Crippen LogP contribution in [0.25, 0.3) is 0 Å². The molecule has 3 nitrogen and oxygen atoms in total. The molecule has 1 atom stereocenters. The number of carboxylic acids is 1. The molecule has 0 aliphatic rings. The van der Waals surface area contributed by atoms with Gasteiger partial charge in [-0.25, -0.2) is 9.18 Å². The topological polar surface area (TPSA) is 46.5 Å². The molecule has 0 amide bonds. The van der Waals surface area contributed by atoms with E-state index in [1.165, 1.54) is 18.2 Å². The highest BCUT2D eigenvalue weighted by atomic mass is 79.9. The lowest BCUT2D eigenvalue weighted by atomic mass is 10.1. The SMILES string of the molecule is CCCOC(C(=O)O)c1ccc(Br)c(F)c1. The molecular formula is C11H12BrFO3. The van der Waals surface area contributed by atoms with Crippen molar-refractivity contribution in [3.8, 4) is 0 Å². The van der Waals surface area contributed by atoms with Gasteiger partial charge in [-0.3, -0.25) is 0 Å². The van der Waals surface area contributed by atoms with Crippen molar-refractivity contribution in [1.82, 2.24) is 0 Å². The minimum Gasteiger partial charge on any atom is -0.479 e. The van der Waals surface area contributed by atoms with Gasteiger partial charge in [-0.1, -0.05) is 13.0 Å². The molecule has 5 heteroatoms. The van der Waals surface area contributed by atoms with E-state index < -0.39 is 17.9 Å². The van der Waals surface area contributed by atoms with Gasteiger partial charge in [0.05, 0.1) is 4.47 Å². The monoisotopic (exact) mass is 290 g/mol. The van der Waals surface area contributed by atoms with Gasteiger partial charge < -0.3 is 9.84 Å². The molecule has 0 aliphatic carbocycles. The second-order valence-corrected chi connectivity index (χ2v) is 4.12. The Morgan fingerprint density at radius 3 is 2.81 bits per heavy atom. The first-order valence-electron chi connectivity index (χ1n) is 4.85. The van der Waals surface area contributed by atoms with E-state index in [-0.39, 0.29) is 0 Å². The minimum atomic E-state index is -1.12. The summed E-state index contributed by atoms with van der Waals surface area (Å²) in [6, 6.07) is 4.16. The number of carbonyl (C=O) groups is 1. The number of halogens is 2. The Hall–Kier alpha value is -0.940. The van der Waals surface area contributed by atoms with Gasteiger partial charge in [-0.15, -0.1) is 0 Å². The van der Waals surface area contributed by atoms with E-state index >= 15 is 0 Å². The van der Waals surface area contributed by atoms with Gasteiger partial charge in [0.1, 0.15) is 5.82 Å². The molecule has 0 aromatic heterocycles. The lowest BCUT2D eigenvalue weighted by Gasteiger charge is -2.13. The van der Waals surface area contributed by atoms with E-state index in [0.29, 0.717) is 23.1 Å². The van der Waals surface area contributed by atoms with Crippen molar-refractivity contribution >= 4 is 21.9 Å². The maximum atomic E-state index is 13.2. The number of ether oxygens (including phenoxy) is 1. The van der Waals surface area contributed by atoms with Gasteiger partial charge in [-0.05, 0) is 40.0 Å². The number of carboxylic acid groups (broad SMARTS) is 1. The summed E-state index contributed by atoms with van der Waals surface area (Å²) in [5, 5.41) is 8.95. The van der Waals surface area contributed by atoms with Crippen LogP contribution in [-0.4, -0.2) is 17.7 Å². The Labute approximate surface area is 101 Å². The molecule has 1 rings (SSSR count). The molecule has 1 aromatic rings. The fourth-order valence-electron chi connectivity index (χ4n) is 1.22. The second kappa shape index (κ2) is 5.96. The van der Waals surface area contributed by atoms with Gasteiger partial charge in [0.2, 0.25) is 0 Å². The van der Waals surface area contributed by atoms with E-state index in [1.807, 2.05) is 6.92 Å². The molecule has 0 aliphatic heterocycles. The van der Waals surface area contributed by atoms with Crippen molar-refractivity contribution in [3.63, 3.8) is 0 Å².